The summed E-state index contributed by atoms with van der Waals surface area (Å²) in [5, 5.41) is 12.1. The van der Waals surface area contributed by atoms with Crippen molar-refractivity contribution in [1.29, 1.82) is 0 Å². The van der Waals surface area contributed by atoms with Gasteiger partial charge in [-0.15, -0.1) is 23.4 Å². The fourth-order valence-corrected chi connectivity index (χ4v) is 2.66. The SMILES string of the molecule is CCOC(=O)Cn1nnc(-c2ccccc2Cc2ccc(OC(F)(F)F)cc2)n1. The first kappa shape index (κ1) is 20.3. The average Bonchev–Trinajstić information content (AvgIpc) is 3.11. The largest absolute Gasteiger partial charge is 0.573 e. The molecule has 0 saturated heterocycles. The van der Waals surface area contributed by atoms with Crippen LogP contribution in [0.25, 0.3) is 11.4 Å². The lowest BCUT2D eigenvalue weighted by atomic mass is 9.99. The molecule has 0 spiro atoms. The Hall–Kier alpha value is -3.43. The summed E-state index contributed by atoms with van der Waals surface area (Å²) in [4.78, 5) is 12.7. The fourth-order valence-electron chi connectivity index (χ4n) is 2.66. The summed E-state index contributed by atoms with van der Waals surface area (Å²) in [7, 11) is 0. The second kappa shape index (κ2) is 8.72. The van der Waals surface area contributed by atoms with Gasteiger partial charge in [-0.1, -0.05) is 36.4 Å². The number of carbonyl (C=O) groups excluding carboxylic acids is 1. The summed E-state index contributed by atoms with van der Waals surface area (Å²) in [6.45, 7) is 1.82. The lowest BCUT2D eigenvalue weighted by Gasteiger charge is -2.10. The number of halogens is 3. The molecule has 0 saturated carbocycles. The number of ether oxygens (including phenoxy) is 2. The maximum absolute atomic E-state index is 12.3. The first-order valence-electron chi connectivity index (χ1n) is 8.70. The first-order chi connectivity index (χ1) is 13.8. The van der Waals surface area contributed by atoms with Crippen molar-refractivity contribution in [3.8, 4) is 17.1 Å². The predicted molar refractivity (Wildman–Crippen MR) is 95.8 cm³/mol. The molecule has 1 heterocycles. The maximum Gasteiger partial charge on any atom is 0.573 e. The molecule has 0 N–H and O–H groups in total. The molecule has 1 aromatic heterocycles. The summed E-state index contributed by atoms with van der Waals surface area (Å²) in [5.41, 5.74) is 2.34. The zero-order valence-electron chi connectivity index (χ0n) is 15.4. The number of aromatic nitrogens is 4. The van der Waals surface area contributed by atoms with Gasteiger partial charge in [0, 0.05) is 5.56 Å². The Morgan fingerprint density at radius 2 is 1.83 bits per heavy atom. The molecule has 0 amide bonds. The van der Waals surface area contributed by atoms with Gasteiger partial charge in [0.05, 0.1) is 6.61 Å². The number of esters is 1. The molecule has 0 radical (unpaired) electrons. The molecule has 29 heavy (non-hydrogen) atoms. The van der Waals surface area contributed by atoms with Gasteiger partial charge in [-0.2, -0.15) is 4.80 Å². The van der Waals surface area contributed by atoms with E-state index in [1.165, 1.54) is 12.1 Å². The van der Waals surface area contributed by atoms with Crippen LogP contribution in [0.15, 0.2) is 48.5 Å². The Labute approximate surface area is 164 Å². The van der Waals surface area contributed by atoms with Crippen molar-refractivity contribution >= 4 is 5.97 Å². The van der Waals surface area contributed by atoms with Gasteiger partial charge in [-0.3, -0.25) is 0 Å². The zero-order chi connectivity index (χ0) is 20.9. The molecule has 0 bridgehead atoms. The van der Waals surface area contributed by atoms with Crippen molar-refractivity contribution in [3.05, 3.63) is 59.7 Å². The van der Waals surface area contributed by atoms with E-state index in [0.29, 0.717) is 17.8 Å². The second-order valence-electron chi connectivity index (χ2n) is 5.97. The van der Waals surface area contributed by atoms with Crippen LogP contribution in [-0.4, -0.2) is 39.1 Å². The lowest BCUT2D eigenvalue weighted by Crippen LogP contribution is -2.17. The average molecular weight is 406 g/mol. The molecule has 0 aliphatic rings. The molecule has 7 nitrogen and oxygen atoms in total. The summed E-state index contributed by atoms with van der Waals surface area (Å²) >= 11 is 0. The van der Waals surface area contributed by atoms with Crippen molar-refractivity contribution in [2.24, 2.45) is 0 Å². The normalized spacial score (nSPS) is 11.3. The van der Waals surface area contributed by atoms with Crippen LogP contribution in [0.3, 0.4) is 0 Å². The van der Waals surface area contributed by atoms with Crippen molar-refractivity contribution in [1.82, 2.24) is 20.2 Å². The summed E-state index contributed by atoms with van der Waals surface area (Å²) < 4.78 is 45.6. The number of carbonyl (C=O) groups is 1. The highest BCUT2D eigenvalue weighted by atomic mass is 19.4. The van der Waals surface area contributed by atoms with Crippen LogP contribution in [0.4, 0.5) is 13.2 Å². The van der Waals surface area contributed by atoms with E-state index in [-0.39, 0.29) is 18.9 Å². The molecular formula is C19H17F3N4O3. The van der Waals surface area contributed by atoms with Gasteiger partial charge in [0.25, 0.3) is 0 Å². The minimum absolute atomic E-state index is 0.149. The summed E-state index contributed by atoms with van der Waals surface area (Å²) in [6, 6.07) is 13.0. The number of hydrogen-bond acceptors (Lipinski definition) is 6. The van der Waals surface area contributed by atoms with Crippen LogP contribution >= 0.6 is 0 Å². The van der Waals surface area contributed by atoms with E-state index in [1.807, 2.05) is 24.3 Å². The molecule has 152 valence electrons. The minimum atomic E-state index is -4.73. The van der Waals surface area contributed by atoms with E-state index < -0.39 is 12.3 Å². The molecule has 0 aliphatic carbocycles. The third kappa shape index (κ3) is 5.77. The second-order valence-corrected chi connectivity index (χ2v) is 5.97. The van der Waals surface area contributed by atoms with Gasteiger partial charge in [0.15, 0.2) is 6.54 Å². The first-order valence-corrected chi connectivity index (χ1v) is 8.70. The van der Waals surface area contributed by atoms with E-state index in [0.717, 1.165) is 15.9 Å². The van der Waals surface area contributed by atoms with E-state index in [2.05, 4.69) is 20.1 Å². The molecule has 2 aromatic carbocycles. The maximum atomic E-state index is 12.3. The highest BCUT2D eigenvalue weighted by Gasteiger charge is 2.30. The summed E-state index contributed by atoms with van der Waals surface area (Å²) in [6.07, 6.45) is -4.29. The monoisotopic (exact) mass is 406 g/mol. The quantitative estimate of drug-likeness (QED) is 0.560. The van der Waals surface area contributed by atoms with Gasteiger partial charge >= 0.3 is 12.3 Å². The van der Waals surface area contributed by atoms with Crippen LogP contribution in [-0.2, 0) is 22.5 Å². The molecular weight excluding hydrogens is 389 g/mol. The highest BCUT2D eigenvalue weighted by Crippen LogP contribution is 2.25. The van der Waals surface area contributed by atoms with E-state index in [1.54, 1.807) is 19.1 Å². The molecule has 0 unspecified atom stereocenters. The highest BCUT2D eigenvalue weighted by molar-refractivity contribution is 5.69. The van der Waals surface area contributed by atoms with Crippen molar-refractivity contribution in [2.45, 2.75) is 26.3 Å². The smallest absolute Gasteiger partial charge is 0.465 e. The molecule has 3 rings (SSSR count). The Morgan fingerprint density at radius 3 is 2.52 bits per heavy atom. The topological polar surface area (TPSA) is 79.1 Å². The van der Waals surface area contributed by atoms with Crippen LogP contribution in [0.1, 0.15) is 18.1 Å². The number of tetrazole rings is 1. The minimum Gasteiger partial charge on any atom is -0.465 e. The van der Waals surface area contributed by atoms with Gasteiger partial charge in [-0.05, 0) is 41.8 Å². The standard InChI is InChI=1S/C19H17F3N4O3/c1-2-28-17(27)12-26-24-18(23-25-26)16-6-4-3-5-14(16)11-13-7-9-15(10-8-13)29-19(20,21)22/h3-10H,2,11-12H2,1H3. The molecule has 0 atom stereocenters. The lowest BCUT2D eigenvalue weighted by molar-refractivity contribution is -0.274. The molecule has 0 fully saturated rings. The van der Waals surface area contributed by atoms with E-state index in [9.17, 15) is 18.0 Å². The number of rotatable bonds is 7. The van der Waals surface area contributed by atoms with Crippen LogP contribution in [0, 0.1) is 0 Å². The fraction of sp³-hybridized carbons (Fsp3) is 0.263. The van der Waals surface area contributed by atoms with Crippen molar-refractivity contribution in [3.63, 3.8) is 0 Å². The van der Waals surface area contributed by atoms with Gasteiger partial charge in [0.2, 0.25) is 5.82 Å². The van der Waals surface area contributed by atoms with E-state index in [4.69, 9.17) is 4.74 Å². The Bertz CT molecular complexity index is 971. The van der Waals surface area contributed by atoms with Gasteiger partial charge in [-0.25, -0.2) is 4.79 Å². The Balaban J connectivity index is 1.76. The van der Waals surface area contributed by atoms with Gasteiger partial charge in [0.1, 0.15) is 5.75 Å². The van der Waals surface area contributed by atoms with Crippen LogP contribution in [0.2, 0.25) is 0 Å². The van der Waals surface area contributed by atoms with Crippen molar-refractivity contribution in [2.75, 3.05) is 6.61 Å². The van der Waals surface area contributed by atoms with Crippen molar-refractivity contribution < 1.29 is 27.4 Å². The molecule has 0 aliphatic heterocycles. The van der Waals surface area contributed by atoms with Crippen LogP contribution < -0.4 is 4.74 Å². The third-order valence-electron chi connectivity index (χ3n) is 3.84. The Kier molecular flexibility index (Phi) is 6.10. The predicted octanol–water partition coefficient (Wildman–Crippen LogP) is 3.39. The number of alkyl halides is 3. The van der Waals surface area contributed by atoms with E-state index >= 15 is 0 Å². The molecule has 3 aromatic rings. The Morgan fingerprint density at radius 1 is 1.10 bits per heavy atom. The zero-order valence-corrected chi connectivity index (χ0v) is 15.4. The number of nitrogens with zero attached hydrogens (tertiary/aromatic N) is 4. The summed E-state index contributed by atoms with van der Waals surface area (Å²) in [5.74, 6) is -0.411. The third-order valence-corrected chi connectivity index (χ3v) is 3.84. The number of hydrogen-bond donors (Lipinski definition) is 0. The number of benzene rings is 2. The van der Waals surface area contributed by atoms with Gasteiger partial charge < -0.3 is 9.47 Å². The molecule has 10 heteroatoms. The van der Waals surface area contributed by atoms with Crippen LogP contribution in [0.5, 0.6) is 5.75 Å².